The average molecular weight is 300 g/mol. The summed E-state index contributed by atoms with van der Waals surface area (Å²) < 4.78 is 36.0. The van der Waals surface area contributed by atoms with Crippen LogP contribution in [0.2, 0.25) is 0 Å². The second-order valence-corrected chi connectivity index (χ2v) is 7.19. The van der Waals surface area contributed by atoms with E-state index in [0.29, 0.717) is 0 Å². The van der Waals surface area contributed by atoms with E-state index in [9.17, 15) is 0 Å². The normalized spacial score (nSPS) is 50.9. The first kappa shape index (κ1) is 14.4. The maximum Gasteiger partial charge on any atom is 0.190 e. The quantitative estimate of drug-likeness (QED) is 0.732. The molecule has 4 heterocycles. The van der Waals surface area contributed by atoms with Crippen LogP contribution in [0.15, 0.2) is 0 Å². The van der Waals surface area contributed by atoms with Crippen molar-refractivity contribution < 1.29 is 28.4 Å². The smallest absolute Gasteiger partial charge is 0.190 e. The van der Waals surface area contributed by atoms with Crippen molar-refractivity contribution in [2.45, 2.75) is 88.9 Å². The predicted molar refractivity (Wildman–Crippen MR) is 71.5 cm³/mol. The summed E-state index contributed by atoms with van der Waals surface area (Å²) in [7, 11) is 0. The summed E-state index contributed by atoms with van der Waals surface area (Å²) in [6.07, 6.45) is 0.873. The Hall–Kier alpha value is -0.240. The maximum atomic E-state index is 6.16. The average Bonchev–Trinajstić information content (AvgIpc) is 3.02. The molecule has 0 N–H and O–H groups in total. The summed E-state index contributed by atoms with van der Waals surface area (Å²) in [6, 6.07) is 0. The van der Waals surface area contributed by atoms with Crippen LogP contribution < -0.4 is 0 Å². The molecule has 0 aliphatic carbocycles. The minimum Gasteiger partial charge on any atom is -0.375 e. The fraction of sp³-hybridized carbons (Fsp3) is 1.00. The molecule has 0 radical (unpaired) electrons. The molecule has 0 spiro atoms. The molecular formula is C15H24O6. The van der Waals surface area contributed by atoms with Crippen molar-refractivity contribution in [3.63, 3.8) is 0 Å². The van der Waals surface area contributed by atoms with E-state index in [2.05, 4.69) is 0 Å². The summed E-state index contributed by atoms with van der Waals surface area (Å²) in [5, 5.41) is 0. The Kier molecular flexibility index (Phi) is 3.17. The number of hydrogen-bond donors (Lipinski definition) is 0. The van der Waals surface area contributed by atoms with Gasteiger partial charge in [0.2, 0.25) is 0 Å². The highest BCUT2D eigenvalue weighted by Gasteiger charge is 2.62. The van der Waals surface area contributed by atoms with E-state index in [1.165, 1.54) is 0 Å². The van der Waals surface area contributed by atoms with Gasteiger partial charge in [0.25, 0.3) is 0 Å². The van der Waals surface area contributed by atoms with Crippen LogP contribution in [-0.2, 0) is 28.4 Å². The van der Waals surface area contributed by atoms with Crippen LogP contribution in [0.1, 0.15) is 40.5 Å². The first-order valence-electron chi connectivity index (χ1n) is 7.83. The van der Waals surface area contributed by atoms with Crippen molar-refractivity contribution in [3.8, 4) is 0 Å². The summed E-state index contributed by atoms with van der Waals surface area (Å²) in [6.45, 7) is 8.42. The highest BCUT2D eigenvalue weighted by Crippen LogP contribution is 2.45. The lowest BCUT2D eigenvalue weighted by Gasteiger charge is -2.39. The summed E-state index contributed by atoms with van der Waals surface area (Å²) in [5.74, 6) is -1.30. The van der Waals surface area contributed by atoms with Crippen molar-refractivity contribution in [3.05, 3.63) is 0 Å². The number of fused-ring (bicyclic) bond motifs is 3. The molecule has 6 nitrogen and oxygen atoms in total. The zero-order valence-corrected chi connectivity index (χ0v) is 13.0. The Labute approximate surface area is 125 Å². The molecule has 0 aromatic heterocycles. The van der Waals surface area contributed by atoms with Crippen LogP contribution in [0.5, 0.6) is 0 Å². The fourth-order valence-corrected chi connectivity index (χ4v) is 3.80. The Morgan fingerprint density at radius 3 is 2.05 bits per heavy atom. The molecule has 0 bridgehead atoms. The Balaban J connectivity index is 1.62. The van der Waals surface area contributed by atoms with E-state index in [0.717, 1.165) is 19.4 Å². The molecule has 6 atom stereocenters. The van der Waals surface area contributed by atoms with E-state index >= 15 is 0 Å². The minimum atomic E-state index is -0.665. The van der Waals surface area contributed by atoms with Crippen molar-refractivity contribution in [2.75, 3.05) is 6.61 Å². The number of rotatable bonds is 1. The lowest BCUT2D eigenvalue weighted by Crippen LogP contribution is -2.58. The molecule has 120 valence electrons. The third-order valence-electron chi connectivity index (χ3n) is 4.52. The molecule has 4 saturated heterocycles. The third-order valence-corrected chi connectivity index (χ3v) is 4.52. The van der Waals surface area contributed by atoms with Crippen molar-refractivity contribution in [2.24, 2.45) is 0 Å². The van der Waals surface area contributed by atoms with Gasteiger partial charge in [0.05, 0.1) is 6.10 Å². The van der Waals surface area contributed by atoms with Gasteiger partial charge in [-0.15, -0.1) is 0 Å². The SMILES string of the molecule is CC1(C)O[C@@H]2[C@H](O1)[C@H]1OC(C)(C)O[C@H]1O[C@@H]2[C@@H]1CCCO1. The van der Waals surface area contributed by atoms with E-state index in [4.69, 9.17) is 28.4 Å². The molecule has 4 aliphatic rings. The van der Waals surface area contributed by atoms with Gasteiger partial charge in [-0.3, -0.25) is 0 Å². The van der Waals surface area contributed by atoms with Crippen LogP contribution in [0, 0.1) is 0 Å². The van der Waals surface area contributed by atoms with Crippen LogP contribution in [-0.4, -0.2) is 55.0 Å². The summed E-state index contributed by atoms with van der Waals surface area (Å²) in [4.78, 5) is 0. The fourth-order valence-electron chi connectivity index (χ4n) is 3.80. The van der Waals surface area contributed by atoms with Crippen molar-refractivity contribution in [1.29, 1.82) is 0 Å². The van der Waals surface area contributed by atoms with Gasteiger partial charge < -0.3 is 28.4 Å². The zero-order valence-electron chi connectivity index (χ0n) is 13.0. The van der Waals surface area contributed by atoms with Crippen LogP contribution in [0.3, 0.4) is 0 Å². The second kappa shape index (κ2) is 4.63. The van der Waals surface area contributed by atoms with Gasteiger partial charge in [-0.1, -0.05) is 0 Å². The minimum absolute atomic E-state index is 0.0447. The van der Waals surface area contributed by atoms with Gasteiger partial charge in [-0.25, -0.2) is 0 Å². The highest BCUT2D eigenvalue weighted by molar-refractivity contribution is 5.02. The number of ether oxygens (including phenoxy) is 6. The Morgan fingerprint density at radius 1 is 0.762 bits per heavy atom. The predicted octanol–water partition coefficient (Wildman–Crippen LogP) is 1.56. The molecule has 0 unspecified atom stereocenters. The van der Waals surface area contributed by atoms with Gasteiger partial charge in [-0.05, 0) is 40.5 Å². The van der Waals surface area contributed by atoms with Crippen LogP contribution in [0.4, 0.5) is 0 Å². The molecule has 4 aliphatic heterocycles. The van der Waals surface area contributed by atoms with E-state index in [1.807, 2.05) is 27.7 Å². The summed E-state index contributed by atoms with van der Waals surface area (Å²) in [5.41, 5.74) is 0. The highest BCUT2D eigenvalue weighted by atomic mass is 16.9. The Morgan fingerprint density at radius 2 is 1.38 bits per heavy atom. The van der Waals surface area contributed by atoms with Gasteiger partial charge >= 0.3 is 0 Å². The van der Waals surface area contributed by atoms with Gasteiger partial charge in [-0.2, -0.15) is 0 Å². The molecular weight excluding hydrogens is 276 g/mol. The standard InChI is InChI=1S/C15H24O6/c1-14(2)18-10-9(8-6-5-7-16-8)17-13-12(11(10)19-14)20-15(3,4)21-13/h8-13H,5-7H2,1-4H3/t8-,9+,10-,11-,12+,13+/m0/s1. The molecule has 4 rings (SSSR count). The largest absolute Gasteiger partial charge is 0.375 e. The lowest BCUT2D eigenvalue weighted by molar-refractivity contribution is -0.253. The van der Waals surface area contributed by atoms with Crippen LogP contribution >= 0.6 is 0 Å². The monoisotopic (exact) mass is 300 g/mol. The molecule has 0 aromatic carbocycles. The van der Waals surface area contributed by atoms with Crippen molar-refractivity contribution >= 4 is 0 Å². The maximum absolute atomic E-state index is 6.16. The zero-order chi connectivity index (χ0) is 14.8. The van der Waals surface area contributed by atoms with E-state index in [-0.39, 0.29) is 30.5 Å². The molecule has 6 heteroatoms. The number of hydrogen-bond acceptors (Lipinski definition) is 6. The van der Waals surface area contributed by atoms with Gasteiger partial charge in [0.15, 0.2) is 17.9 Å². The summed E-state index contributed by atoms with van der Waals surface area (Å²) >= 11 is 0. The van der Waals surface area contributed by atoms with E-state index in [1.54, 1.807) is 0 Å². The van der Waals surface area contributed by atoms with Gasteiger partial charge in [0, 0.05) is 6.61 Å². The topological polar surface area (TPSA) is 55.4 Å². The Bertz CT molecular complexity index is 406. The molecule has 0 aromatic rings. The first-order valence-corrected chi connectivity index (χ1v) is 7.83. The van der Waals surface area contributed by atoms with Crippen molar-refractivity contribution in [1.82, 2.24) is 0 Å². The second-order valence-electron chi connectivity index (χ2n) is 7.19. The first-order chi connectivity index (χ1) is 9.85. The molecule has 0 amide bonds. The van der Waals surface area contributed by atoms with Gasteiger partial charge in [0.1, 0.15) is 24.4 Å². The molecule has 0 saturated carbocycles. The molecule has 4 fully saturated rings. The van der Waals surface area contributed by atoms with E-state index < -0.39 is 17.9 Å². The van der Waals surface area contributed by atoms with Crippen LogP contribution in [0.25, 0.3) is 0 Å². The lowest BCUT2D eigenvalue weighted by atomic mass is 9.94. The third kappa shape index (κ3) is 2.42. The molecule has 21 heavy (non-hydrogen) atoms.